The van der Waals surface area contributed by atoms with Gasteiger partial charge in [0, 0.05) is 27.4 Å². The summed E-state index contributed by atoms with van der Waals surface area (Å²) >= 11 is 0. The van der Waals surface area contributed by atoms with E-state index in [9.17, 15) is 0 Å². The highest BCUT2D eigenvalue weighted by Crippen LogP contribution is 2.41. The highest BCUT2D eigenvalue weighted by atomic mass is 16.7. The summed E-state index contributed by atoms with van der Waals surface area (Å²) < 4.78 is 21.6. The maximum Gasteiger partial charge on any atom is 0.494 e. The zero-order valence-electron chi connectivity index (χ0n) is 23.5. The summed E-state index contributed by atoms with van der Waals surface area (Å²) in [5.74, 6) is 0.578. The molecule has 1 fully saturated rings. The molecule has 3 heterocycles. The fourth-order valence-electron chi connectivity index (χ4n) is 6.03. The third kappa shape index (κ3) is 3.61. The van der Waals surface area contributed by atoms with Gasteiger partial charge in [0.05, 0.1) is 22.2 Å². The average Bonchev–Trinajstić information content (AvgIpc) is 3.63. The van der Waals surface area contributed by atoms with Crippen molar-refractivity contribution in [2.75, 3.05) is 0 Å². The Kier molecular flexibility index (Phi) is 5.10. The minimum atomic E-state index is -0.450. The number of hydrogen-bond acceptors (Lipinski definition) is 4. The van der Waals surface area contributed by atoms with Crippen molar-refractivity contribution in [2.45, 2.75) is 38.9 Å². The maximum atomic E-state index is 6.64. The van der Waals surface area contributed by atoms with E-state index in [0.29, 0.717) is 5.89 Å². The van der Waals surface area contributed by atoms with Crippen LogP contribution in [0.3, 0.4) is 0 Å². The van der Waals surface area contributed by atoms with Gasteiger partial charge < -0.3 is 18.3 Å². The van der Waals surface area contributed by atoms with E-state index in [4.69, 9.17) is 18.7 Å². The summed E-state index contributed by atoms with van der Waals surface area (Å²) in [6.07, 6.45) is 0. The van der Waals surface area contributed by atoms with E-state index in [-0.39, 0.29) is 0 Å². The largest absolute Gasteiger partial charge is 0.494 e. The fourth-order valence-corrected chi connectivity index (χ4v) is 6.03. The van der Waals surface area contributed by atoms with E-state index < -0.39 is 18.3 Å². The van der Waals surface area contributed by atoms with Gasteiger partial charge in [-0.3, -0.25) is 0 Å². The Bertz CT molecular complexity index is 2110. The van der Waals surface area contributed by atoms with E-state index in [1.54, 1.807) is 0 Å². The molecule has 2 aromatic heterocycles. The van der Waals surface area contributed by atoms with Crippen LogP contribution in [-0.4, -0.2) is 27.9 Å². The number of oxazole rings is 1. The van der Waals surface area contributed by atoms with Gasteiger partial charge in [0.15, 0.2) is 5.58 Å². The Morgan fingerprint density at radius 2 is 1.41 bits per heavy atom. The third-order valence-electron chi connectivity index (χ3n) is 8.85. The molecule has 6 heteroatoms. The smallest absolute Gasteiger partial charge is 0.435 e. The van der Waals surface area contributed by atoms with Crippen LogP contribution in [0.5, 0.6) is 0 Å². The van der Waals surface area contributed by atoms with Crippen molar-refractivity contribution in [1.29, 1.82) is 0 Å². The summed E-state index contributed by atoms with van der Waals surface area (Å²) in [6.45, 7) is 8.27. The van der Waals surface area contributed by atoms with Gasteiger partial charge in [-0.1, -0.05) is 60.7 Å². The molecular weight excluding hydrogens is 507 g/mol. The quantitative estimate of drug-likeness (QED) is 0.215. The molecule has 0 N–H and O–H groups in total. The summed E-state index contributed by atoms with van der Waals surface area (Å²) in [5.41, 5.74) is 6.07. The molecule has 41 heavy (non-hydrogen) atoms. The van der Waals surface area contributed by atoms with Crippen molar-refractivity contribution < 1.29 is 13.7 Å². The minimum absolute atomic E-state index is 0.408. The first-order valence-corrected chi connectivity index (χ1v) is 14.1. The van der Waals surface area contributed by atoms with Gasteiger partial charge in [0.2, 0.25) is 5.89 Å². The maximum absolute atomic E-state index is 6.64. The van der Waals surface area contributed by atoms with Crippen molar-refractivity contribution in [2.24, 2.45) is 0 Å². The molecule has 0 radical (unpaired) electrons. The molecule has 0 saturated carbocycles. The first kappa shape index (κ1) is 24.4. The minimum Gasteiger partial charge on any atom is -0.435 e. The lowest BCUT2D eigenvalue weighted by atomic mass is 9.78. The van der Waals surface area contributed by atoms with E-state index >= 15 is 0 Å². The number of rotatable bonds is 3. The molecule has 7 aromatic rings. The molecule has 0 spiro atoms. The van der Waals surface area contributed by atoms with Gasteiger partial charge >= 0.3 is 7.12 Å². The van der Waals surface area contributed by atoms with Crippen LogP contribution < -0.4 is 5.46 Å². The van der Waals surface area contributed by atoms with Crippen molar-refractivity contribution >= 4 is 56.3 Å². The molecular formula is C35H29BN2O3. The van der Waals surface area contributed by atoms with Crippen LogP contribution >= 0.6 is 0 Å². The van der Waals surface area contributed by atoms with Crippen LogP contribution in [0.1, 0.15) is 27.7 Å². The van der Waals surface area contributed by atoms with E-state index in [0.717, 1.165) is 49.6 Å². The number of benzene rings is 5. The topological polar surface area (TPSA) is 49.4 Å². The predicted molar refractivity (Wildman–Crippen MR) is 167 cm³/mol. The lowest BCUT2D eigenvalue weighted by Crippen LogP contribution is -2.41. The fraction of sp³-hybridized carbons (Fsp3) is 0.171. The summed E-state index contributed by atoms with van der Waals surface area (Å²) in [5, 5.41) is 4.55. The summed E-state index contributed by atoms with van der Waals surface area (Å²) in [7, 11) is -0.450. The van der Waals surface area contributed by atoms with E-state index in [1.165, 1.54) is 10.8 Å². The zero-order valence-corrected chi connectivity index (χ0v) is 23.5. The van der Waals surface area contributed by atoms with Crippen molar-refractivity contribution in [1.82, 2.24) is 9.55 Å². The molecule has 0 amide bonds. The Morgan fingerprint density at radius 1 is 0.683 bits per heavy atom. The van der Waals surface area contributed by atoms with Crippen LogP contribution in [0.4, 0.5) is 0 Å². The third-order valence-corrected chi connectivity index (χ3v) is 8.85. The standard InChI is InChI=1S/C35H29BN2O3/c1-34(2)35(3,4)41-36(40-34)24-12-10-11-23(21-24)33-37-27-19-17-22-18-20-29-31(30(22)32(27)39-33)26-15-8-9-16-28(26)38(29)25-13-6-5-7-14-25/h5-21H,1-4H3. The summed E-state index contributed by atoms with van der Waals surface area (Å²) in [4.78, 5) is 4.95. The monoisotopic (exact) mass is 536 g/mol. The molecule has 0 bridgehead atoms. The first-order chi connectivity index (χ1) is 19.8. The summed E-state index contributed by atoms with van der Waals surface area (Å²) in [6, 6.07) is 35.8. The zero-order chi connectivity index (χ0) is 27.9. The van der Waals surface area contributed by atoms with E-state index in [1.807, 2.05) is 30.3 Å². The number of hydrogen-bond donors (Lipinski definition) is 0. The molecule has 200 valence electrons. The lowest BCUT2D eigenvalue weighted by molar-refractivity contribution is 0.00578. The molecule has 1 aliphatic heterocycles. The van der Waals surface area contributed by atoms with Crippen LogP contribution in [0.2, 0.25) is 0 Å². The molecule has 1 aliphatic rings. The van der Waals surface area contributed by atoms with Gasteiger partial charge in [-0.25, -0.2) is 4.98 Å². The molecule has 0 unspecified atom stereocenters. The van der Waals surface area contributed by atoms with Gasteiger partial charge in [0.25, 0.3) is 0 Å². The predicted octanol–water partition coefficient (Wildman–Crippen LogP) is 8.04. The van der Waals surface area contributed by atoms with Gasteiger partial charge in [-0.05, 0) is 81.0 Å². The first-order valence-electron chi connectivity index (χ1n) is 14.1. The second kappa shape index (κ2) is 8.56. The second-order valence-corrected chi connectivity index (χ2v) is 11.9. The van der Waals surface area contributed by atoms with Crippen molar-refractivity contribution in [3.8, 4) is 17.1 Å². The Morgan fingerprint density at radius 3 is 2.22 bits per heavy atom. The van der Waals surface area contributed by atoms with E-state index in [2.05, 4.69) is 105 Å². The number of nitrogens with zero attached hydrogens (tertiary/aromatic N) is 2. The number of fused-ring (bicyclic) bond motifs is 7. The Labute approximate surface area is 238 Å². The molecule has 8 rings (SSSR count). The van der Waals surface area contributed by atoms with Gasteiger partial charge in [0.1, 0.15) is 5.52 Å². The van der Waals surface area contributed by atoms with Gasteiger partial charge in [-0.15, -0.1) is 0 Å². The highest BCUT2D eigenvalue weighted by molar-refractivity contribution is 6.62. The molecule has 5 aromatic carbocycles. The van der Waals surface area contributed by atoms with Crippen molar-refractivity contribution in [3.05, 3.63) is 103 Å². The number of para-hydroxylation sites is 2. The highest BCUT2D eigenvalue weighted by Gasteiger charge is 2.51. The Balaban J connectivity index is 1.34. The molecule has 5 nitrogen and oxygen atoms in total. The number of aromatic nitrogens is 2. The SMILES string of the molecule is CC1(C)OB(c2cccc(-c3nc4ccc5ccc6c(c7ccccc7n6-c6ccccc6)c5c4o3)c2)OC1(C)C. The second-order valence-electron chi connectivity index (χ2n) is 11.9. The van der Waals surface area contributed by atoms with Crippen LogP contribution in [0, 0.1) is 0 Å². The molecule has 0 atom stereocenters. The van der Waals surface area contributed by atoms with Crippen LogP contribution in [0.15, 0.2) is 108 Å². The van der Waals surface area contributed by atoms with Gasteiger partial charge in [-0.2, -0.15) is 0 Å². The van der Waals surface area contributed by atoms with Crippen LogP contribution in [0.25, 0.3) is 60.8 Å². The molecule has 0 aliphatic carbocycles. The normalized spacial score (nSPS) is 16.4. The lowest BCUT2D eigenvalue weighted by Gasteiger charge is -2.32. The Hall–Kier alpha value is -4.39. The average molecular weight is 536 g/mol. The van der Waals surface area contributed by atoms with Crippen LogP contribution in [-0.2, 0) is 9.31 Å². The molecule has 1 saturated heterocycles. The van der Waals surface area contributed by atoms with Crippen molar-refractivity contribution in [3.63, 3.8) is 0 Å².